The number of hydrogen-bond acceptors (Lipinski definition) is 2. The van der Waals surface area contributed by atoms with Gasteiger partial charge in [0.05, 0.1) is 0 Å². The van der Waals surface area contributed by atoms with Gasteiger partial charge in [0.15, 0.2) is 0 Å². The molecule has 1 saturated carbocycles. The van der Waals surface area contributed by atoms with Gasteiger partial charge in [0.2, 0.25) is 0 Å². The van der Waals surface area contributed by atoms with E-state index in [0.717, 1.165) is 12.5 Å². The molecule has 1 heterocycles. The fourth-order valence-corrected chi connectivity index (χ4v) is 2.63. The van der Waals surface area contributed by atoms with Crippen molar-refractivity contribution >= 4 is 0 Å². The SMILES string of the molecule is C[C@@H](NCc1ccn[nH]1)C1CCCCCC1. The van der Waals surface area contributed by atoms with Crippen LogP contribution in [-0.4, -0.2) is 16.2 Å². The van der Waals surface area contributed by atoms with Crippen molar-refractivity contribution in [1.29, 1.82) is 0 Å². The third-order valence-electron chi connectivity index (χ3n) is 3.78. The highest BCUT2D eigenvalue weighted by Gasteiger charge is 2.18. The number of hydrogen-bond donors (Lipinski definition) is 2. The Hall–Kier alpha value is -0.830. The first-order chi connectivity index (χ1) is 7.86. The molecule has 0 saturated heterocycles. The normalized spacial score (nSPS) is 20.6. The Bertz CT molecular complexity index is 273. The zero-order chi connectivity index (χ0) is 11.2. The summed E-state index contributed by atoms with van der Waals surface area (Å²) in [6.45, 7) is 3.24. The zero-order valence-corrected chi connectivity index (χ0v) is 10.2. The van der Waals surface area contributed by atoms with E-state index in [9.17, 15) is 0 Å². The van der Waals surface area contributed by atoms with E-state index in [-0.39, 0.29) is 0 Å². The zero-order valence-electron chi connectivity index (χ0n) is 10.2. The molecule has 0 bridgehead atoms. The van der Waals surface area contributed by atoms with E-state index in [0.29, 0.717) is 6.04 Å². The molecule has 16 heavy (non-hydrogen) atoms. The lowest BCUT2D eigenvalue weighted by molar-refractivity contribution is 0.335. The van der Waals surface area contributed by atoms with Crippen LogP contribution in [0.15, 0.2) is 12.3 Å². The summed E-state index contributed by atoms with van der Waals surface area (Å²) < 4.78 is 0. The van der Waals surface area contributed by atoms with E-state index in [2.05, 4.69) is 22.4 Å². The van der Waals surface area contributed by atoms with Crippen LogP contribution in [0.3, 0.4) is 0 Å². The van der Waals surface area contributed by atoms with Gasteiger partial charge in [-0.1, -0.05) is 25.7 Å². The Morgan fingerprint density at radius 3 is 2.75 bits per heavy atom. The van der Waals surface area contributed by atoms with E-state index in [1.165, 1.54) is 44.2 Å². The highest BCUT2D eigenvalue weighted by molar-refractivity contribution is 4.97. The number of nitrogens with zero attached hydrogens (tertiary/aromatic N) is 1. The molecule has 0 unspecified atom stereocenters. The summed E-state index contributed by atoms with van der Waals surface area (Å²) in [5.74, 6) is 0.866. The standard InChI is InChI=1S/C13H23N3/c1-11(12-6-4-2-3-5-7-12)14-10-13-8-9-15-16-13/h8-9,11-12,14H,2-7,10H2,1H3,(H,15,16)/t11-/m1/s1. The minimum atomic E-state index is 0.626. The largest absolute Gasteiger partial charge is 0.308 e. The summed E-state index contributed by atoms with van der Waals surface area (Å²) in [7, 11) is 0. The maximum absolute atomic E-state index is 3.96. The van der Waals surface area contributed by atoms with Crippen molar-refractivity contribution in [3.05, 3.63) is 18.0 Å². The maximum atomic E-state index is 3.96. The van der Waals surface area contributed by atoms with Crippen LogP contribution >= 0.6 is 0 Å². The van der Waals surface area contributed by atoms with Gasteiger partial charge < -0.3 is 5.32 Å². The van der Waals surface area contributed by atoms with Gasteiger partial charge in [-0.05, 0) is 31.7 Å². The molecule has 1 atom stereocenters. The summed E-state index contributed by atoms with van der Waals surface area (Å²) in [6, 6.07) is 2.66. The molecule has 0 aromatic carbocycles. The highest BCUT2D eigenvalue weighted by atomic mass is 15.1. The van der Waals surface area contributed by atoms with Crippen LogP contribution in [0.4, 0.5) is 0 Å². The Morgan fingerprint density at radius 2 is 2.12 bits per heavy atom. The third-order valence-corrected chi connectivity index (χ3v) is 3.78. The molecule has 1 aromatic heterocycles. The van der Waals surface area contributed by atoms with Gasteiger partial charge in [0.25, 0.3) is 0 Å². The predicted molar refractivity (Wildman–Crippen MR) is 66.1 cm³/mol. The number of H-pyrrole nitrogens is 1. The average Bonchev–Trinajstić information content (AvgIpc) is 2.66. The smallest absolute Gasteiger partial charge is 0.0490 e. The Balaban J connectivity index is 1.75. The van der Waals surface area contributed by atoms with Gasteiger partial charge in [-0.25, -0.2) is 0 Å². The molecule has 0 aliphatic heterocycles. The first kappa shape index (κ1) is 11.6. The lowest BCUT2D eigenvalue weighted by Gasteiger charge is -2.23. The lowest BCUT2D eigenvalue weighted by atomic mass is 9.93. The molecule has 1 fully saturated rings. The van der Waals surface area contributed by atoms with Gasteiger partial charge in [-0.2, -0.15) is 5.10 Å². The summed E-state index contributed by atoms with van der Waals surface area (Å²) in [5.41, 5.74) is 1.18. The van der Waals surface area contributed by atoms with Crippen molar-refractivity contribution < 1.29 is 0 Å². The monoisotopic (exact) mass is 221 g/mol. The first-order valence-electron chi connectivity index (χ1n) is 6.58. The summed E-state index contributed by atoms with van der Waals surface area (Å²) in [4.78, 5) is 0. The molecule has 2 rings (SSSR count). The van der Waals surface area contributed by atoms with Crippen LogP contribution in [0.5, 0.6) is 0 Å². The number of nitrogens with one attached hydrogen (secondary N) is 2. The van der Waals surface area contributed by atoms with Gasteiger partial charge in [-0.15, -0.1) is 0 Å². The van der Waals surface area contributed by atoms with Crippen molar-refractivity contribution in [2.45, 2.75) is 58.0 Å². The molecule has 3 heteroatoms. The second-order valence-corrected chi connectivity index (χ2v) is 5.00. The lowest BCUT2D eigenvalue weighted by Crippen LogP contribution is -2.33. The van der Waals surface area contributed by atoms with Crippen LogP contribution in [0.2, 0.25) is 0 Å². The van der Waals surface area contributed by atoms with Crippen LogP contribution < -0.4 is 5.32 Å². The minimum absolute atomic E-state index is 0.626. The second kappa shape index (κ2) is 6.04. The second-order valence-electron chi connectivity index (χ2n) is 5.00. The average molecular weight is 221 g/mol. The Labute approximate surface area is 98.0 Å². The minimum Gasteiger partial charge on any atom is -0.308 e. The van der Waals surface area contributed by atoms with Crippen LogP contribution in [0.25, 0.3) is 0 Å². The van der Waals surface area contributed by atoms with E-state index in [4.69, 9.17) is 0 Å². The van der Waals surface area contributed by atoms with Crippen LogP contribution in [0.1, 0.15) is 51.1 Å². The third kappa shape index (κ3) is 3.34. The van der Waals surface area contributed by atoms with Crippen LogP contribution in [0, 0.1) is 5.92 Å². The van der Waals surface area contributed by atoms with Crippen molar-refractivity contribution in [1.82, 2.24) is 15.5 Å². The van der Waals surface area contributed by atoms with Gasteiger partial charge >= 0.3 is 0 Å². The van der Waals surface area contributed by atoms with E-state index in [1.807, 2.05) is 12.3 Å². The molecule has 0 spiro atoms. The van der Waals surface area contributed by atoms with Crippen molar-refractivity contribution in [3.63, 3.8) is 0 Å². The Morgan fingerprint density at radius 1 is 1.38 bits per heavy atom. The summed E-state index contributed by atoms with van der Waals surface area (Å²) >= 11 is 0. The molecule has 90 valence electrons. The molecular weight excluding hydrogens is 198 g/mol. The summed E-state index contributed by atoms with van der Waals surface area (Å²) in [5, 5.41) is 10.6. The van der Waals surface area contributed by atoms with Gasteiger partial charge in [0, 0.05) is 24.5 Å². The van der Waals surface area contributed by atoms with Crippen LogP contribution in [-0.2, 0) is 6.54 Å². The predicted octanol–water partition coefficient (Wildman–Crippen LogP) is 2.86. The molecule has 1 aliphatic rings. The van der Waals surface area contributed by atoms with Crippen molar-refractivity contribution in [2.24, 2.45) is 5.92 Å². The highest BCUT2D eigenvalue weighted by Crippen LogP contribution is 2.25. The fourth-order valence-electron chi connectivity index (χ4n) is 2.63. The first-order valence-corrected chi connectivity index (χ1v) is 6.58. The molecule has 0 radical (unpaired) electrons. The van der Waals surface area contributed by atoms with Crippen molar-refractivity contribution in [3.8, 4) is 0 Å². The van der Waals surface area contributed by atoms with E-state index < -0.39 is 0 Å². The number of rotatable bonds is 4. The van der Waals surface area contributed by atoms with Gasteiger partial charge in [-0.3, -0.25) is 5.10 Å². The van der Waals surface area contributed by atoms with E-state index in [1.54, 1.807) is 0 Å². The Kier molecular flexibility index (Phi) is 4.40. The quantitative estimate of drug-likeness (QED) is 0.768. The number of aromatic amines is 1. The molecule has 1 aliphatic carbocycles. The van der Waals surface area contributed by atoms with Gasteiger partial charge in [0.1, 0.15) is 0 Å². The summed E-state index contributed by atoms with van der Waals surface area (Å²) in [6.07, 6.45) is 10.3. The molecule has 2 N–H and O–H groups in total. The number of aromatic nitrogens is 2. The maximum Gasteiger partial charge on any atom is 0.0490 e. The topological polar surface area (TPSA) is 40.7 Å². The molecular formula is C13H23N3. The van der Waals surface area contributed by atoms with E-state index >= 15 is 0 Å². The molecule has 3 nitrogen and oxygen atoms in total. The fraction of sp³-hybridized carbons (Fsp3) is 0.769. The molecule has 0 amide bonds. The van der Waals surface area contributed by atoms with Crippen molar-refractivity contribution in [2.75, 3.05) is 0 Å². The molecule has 1 aromatic rings.